The number of aliphatic hydroxyl groups is 1. The molecule has 1 amide bonds. The molecule has 1 heterocycles. The molecule has 1 aliphatic rings. The molecule has 5 rings (SSSR count). The highest BCUT2D eigenvalue weighted by atomic mass is 32.2. The Kier molecular flexibility index (Phi) is 8.87. The molecule has 43 heavy (non-hydrogen) atoms. The zero-order valence-electron chi connectivity index (χ0n) is 23.0. The number of benzene rings is 3. The number of hydrogen-bond donors (Lipinski definition) is 5. The van der Waals surface area contributed by atoms with Crippen molar-refractivity contribution in [1.82, 2.24) is 19.8 Å². The highest BCUT2D eigenvalue weighted by Gasteiger charge is 2.26. The number of hydrogen-bond acceptors (Lipinski definition) is 7. The highest BCUT2D eigenvalue weighted by molar-refractivity contribution is 7.90. The second-order valence-corrected chi connectivity index (χ2v) is 11.4. The summed E-state index contributed by atoms with van der Waals surface area (Å²) in [4.78, 5) is 22.1. The summed E-state index contributed by atoms with van der Waals surface area (Å²) < 4.78 is 75.5. The van der Waals surface area contributed by atoms with Crippen LogP contribution in [0.25, 0.3) is 11.0 Å². The van der Waals surface area contributed by atoms with Gasteiger partial charge in [0.1, 0.15) is 17.2 Å². The van der Waals surface area contributed by atoms with Crippen LogP contribution in [-0.2, 0) is 21.6 Å². The lowest BCUT2D eigenvalue weighted by molar-refractivity contribution is 0.0169. The molecule has 1 fully saturated rings. The fourth-order valence-corrected chi connectivity index (χ4v) is 5.50. The molecule has 0 saturated heterocycles. The van der Waals surface area contributed by atoms with E-state index in [9.17, 15) is 22.0 Å². The van der Waals surface area contributed by atoms with E-state index in [1.165, 1.54) is 41.2 Å². The van der Waals surface area contributed by atoms with Gasteiger partial charge in [-0.3, -0.25) is 14.4 Å². The molecule has 0 spiro atoms. The predicted octanol–water partition coefficient (Wildman–Crippen LogP) is 4.04. The van der Waals surface area contributed by atoms with E-state index in [2.05, 4.69) is 25.2 Å². The molecule has 1 saturated carbocycles. The number of amides is 1. The van der Waals surface area contributed by atoms with Crippen molar-refractivity contribution in [3.63, 3.8) is 0 Å². The van der Waals surface area contributed by atoms with Crippen LogP contribution in [0.5, 0.6) is 0 Å². The molecule has 1 aliphatic carbocycles. The van der Waals surface area contributed by atoms with E-state index in [1.54, 1.807) is 13.0 Å². The number of carbonyl (C=O) groups is 1. The van der Waals surface area contributed by atoms with Gasteiger partial charge in [-0.25, -0.2) is 23.6 Å². The summed E-state index contributed by atoms with van der Waals surface area (Å²) in [7, 11) is -3.92. The highest BCUT2D eigenvalue weighted by Crippen LogP contribution is 2.41. The van der Waals surface area contributed by atoms with Gasteiger partial charge >= 0.3 is 0 Å². The van der Waals surface area contributed by atoms with Gasteiger partial charge in [0.15, 0.2) is 5.82 Å². The van der Waals surface area contributed by atoms with Gasteiger partial charge in [0.05, 0.1) is 47.7 Å². The van der Waals surface area contributed by atoms with Gasteiger partial charge in [-0.05, 0) is 66.3 Å². The Balaban J connectivity index is 1.51. The molecule has 0 bridgehead atoms. The Bertz CT molecular complexity index is 1780. The Morgan fingerprint density at radius 1 is 1.14 bits per heavy atom. The molecule has 11 nitrogen and oxygen atoms in total. The van der Waals surface area contributed by atoms with Crippen LogP contribution in [0.3, 0.4) is 0 Å². The minimum Gasteiger partial charge on any atom is -0.394 e. The molecule has 0 unspecified atom stereocenters. The number of aromatic nitrogens is 2. The van der Waals surface area contributed by atoms with E-state index in [1.807, 2.05) is 0 Å². The molecule has 4 aromatic rings. The predicted molar refractivity (Wildman–Crippen MR) is 154 cm³/mol. The standard InChI is InChI=1S/C28H29F3N6O5S/c1-2-33-43(40,41)36-20-10-16(9-19(29)12-20)14-37-15-32-27-24(37)13-21(28(39)35-42-8-7-38)26(25(27)31)34-23-6-5-18(11-22(23)30)17-3-4-17/h5-6,9-13,15,17,33-34,36,38H,2-4,7-8,14H2,1H3,(H,35,39). The van der Waals surface area contributed by atoms with Crippen molar-refractivity contribution in [2.75, 3.05) is 29.8 Å². The van der Waals surface area contributed by atoms with E-state index < -0.39 is 33.6 Å². The van der Waals surface area contributed by atoms with E-state index in [0.717, 1.165) is 24.5 Å². The Morgan fingerprint density at radius 3 is 2.63 bits per heavy atom. The molecule has 15 heteroatoms. The Morgan fingerprint density at radius 2 is 1.93 bits per heavy atom. The summed E-state index contributed by atoms with van der Waals surface area (Å²) in [5, 5.41) is 11.7. The van der Waals surface area contributed by atoms with Crippen molar-refractivity contribution in [1.29, 1.82) is 0 Å². The molecule has 0 aliphatic heterocycles. The van der Waals surface area contributed by atoms with Gasteiger partial charge in [-0.2, -0.15) is 13.1 Å². The maximum absolute atomic E-state index is 16.0. The molecule has 0 atom stereocenters. The number of rotatable bonds is 13. The SMILES string of the molecule is CCNS(=O)(=O)Nc1cc(F)cc(Cn2cnc3c(F)c(Nc4ccc(C5CC5)cc4F)c(C(=O)NOCCO)cc32)c1. The normalized spacial score (nSPS) is 13.3. The van der Waals surface area contributed by atoms with Crippen molar-refractivity contribution in [2.45, 2.75) is 32.2 Å². The van der Waals surface area contributed by atoms with E-state index >= 15 is 4.39 Å². The van der Waals surface area contributed by atoms with Crippen LogP contribution in [0.1, 0.15) is 47.2 Å². The number of nitrogens with zero attached hydrogens (tertiary/aromatic N) is 2. The van der Waals surface area contributed by atoms with Gasteiger partial charge in [0.2, 0.25) is 0 Å². The molecule has 3 aromatic carbocycles. The fourth-order valence-electron chi connectivity index (χ4n) is 4.62. The zero-order valence-corrected chi connectivity index (χ0v) is 23.8. The first-order chi connectivity index (χ1) is 20.6. The van der Waals surface area contributed by atoms with Crippen molar-refractivity contribution in [3.05, 3.63) is 82.9 Å². The summed E-state index contributed by atoms with van der Waals surface area (Å²) in [5.74, 6) is -2.88. The first-order valence-electron chi connectivity index (χ1n) is 13.4. The van der Waals surface area contributed by atoms with Gasteiger partial charge in [0, 0.05) is 13.1 Å². The topological polar surface area (TPSA) is 147 Å². The number of anilines is 3. The monoisotopic (exact) mass is 618 g/mol. The van der Waals surface area contributed by atoms with Crippen molar-refractivity contribution < 1.29 is 36.3 Å². The third-order valence-electron chi connectivity index (χ3n) is 6.66. The largest absolute Gasteiger partial charge is 0.394 e. The van der Waals surface area contributed by atoms with Crippen molar-refractivity contribution >= 4 is 44.2 Å². The van der Waals surface area contributed by atoms with Crippen LogP contribution in [0, 0.1) is 17.5 Å². The van der Waals surface area contributed by atoms with Crippen LogP contribution in [-0.4, -0.2) is 48.7 Å². The number of halogens is 3. The number of imidazole rings is 1. The third kappa shape index (κ3) is 7.07. The second-order valence-electron chi connectivity index (χ2n) is 9.95. The summed E-state index contributed by atoms with van der Waals surface area (Å²) in [6, 6.07) is 9.49. The van der Waals surface area contributed by atoms with Crippen molar-refractivity contribution in [3.8, 4) is 0 Å². The molecule has 1 aromatic heterocycles. The number of nitrogens with one attached hydrogen (secondary N) is 4. The molecule has 228 valence electrons. The van der Waals surface area contributed by atoms with Gasteiger partial charge < -0.3 is 15.0 Å². The molecule has 5 N–H and O–H groups in total. The lowest BCUT2D eigenvalue weighted by Crippen LogP contribution is -2.29. The van der Waals surface area contributed by atoms with Crippen LogP contribution in [0.2, 0.25) is 0 Å². The minimum absolute atomic E-state index is 0.0335. The number of fused-ring (bicyclic) bond motifs is 1. The first kappa shape index (κ1) is 30.3. The van der Waals surface area contributed by atoms with Crippen LogP contribution < -0.4 is 20.2 Å². The minimum atomic E-state index is -3.92. The average Bonchev–Trinajstić information content (AvgIpc) is 3.71. The summed E-state index contributed by atoms with van der Waals surface area (Å²) in [6.07, 6.45) is 3.22. The van der Waals surface area contributed by atoms with Crippen LogP contribution in [0.4, 0.5) is 30.2 Å². The van der Waals surface area contributed by atoms with Crippen LogP contribution >= 0.6 is 0 Å². The Hall–Kier alpha value is -4.18. The summed E-state index contributed by atoms with van der Waals surface area (Å²) in [5.41, 5.74) is 2.55. The zero-order chi connectivity index (χ0) is 30.7. The van der Waals surface area contributed by atoms with Gasteiger partial charge in [-0.1, -0.05) is 13.0 Å². The quantitative estimate of drug-likeness (QED) is 0.112. The smallest absolute Gasteiger partial charge is 0.299 e. The number of aliphatic hydroxyl groups excluding tert-OH is 1. The third-order valence-corrected chi connectivity index (χ3v) is 7.83. The average molecular weight is 619 g/mol. The summed E-state index contributed by atoms with van der Waals surface area (Å²) >= 11 is 0. The number of hydroxylamine groups is 1. The molecule has 0 radical (unpaired) electrons. The molecular formula is C28H29F3N6O5S. The van der Waals surface area contributed by atoms with Crippen molar-refractivity contribution in [2.24, 2.45) is 0 Å². The molecular weight excluding hydrogens is 589 g/mol. The maximum atomic E-state index is 16.0. The lowest BCUT2D eigenvalue weighted by atomic mass is 10.1. The van der Waals surface area contributed by atoms with Gasteiger partial charge in [0.25, 0.3) is 16.1 Å². The first-order valence-corrected chi connectivity index (χ1v) is 14.9. The van der Waals surface area contributed by atoms with E-state index in [4.69, 9.17) is 9.94 Å². The Labute approximate surface area is 245 Å². The second kappa shape index (κ2) is 12.6. The van der Waals surface area contributed by atoms with E-state index in [0.29, 0.717) is 11.5 Å². The fraction of sp³-hybridized carbons (Fsp3) is 0.286. The number of carbonyl (C=O) groups excluding carboxylic acids is 1. The van der Waals surface area contributed by atoms with Crippen LogP contribution in [0.15, 0.2) is 48.8 Å². The van der Waals surface area contributed by atoms with Gasteiger partial charge in [-0.15, -0.1) is 0 Å². The van der Waals surface area contributed by atoms with E-state index in [-0.39, 0.29) is 60.0 Å². The summed E-state index contributed by atoms with van der Waals surface area (Å²) in [6.45, 7) is 1.03. The lowest BCUT2D eigenvalue weighted by Gasteiger charge is -2.16. The maximum Gasteiger partial charge on any atom is 0.299 e.